The minimum Gasteiger partial charge on any atom is -0.282 e. The van der Waals surface area contributed by atoms with E-state index in [4.69, 9.17) is 0 Å². The molecule has 0 radical (unpaired) electrons. The second-order valence-corrected chi connectivity index (χ2v) is 6.23. The molecule has 0 unspecified atom stereocenters. The van der Waals surface area contributed by atoms with Crippen LogP contribution in [0.15, 0.2) is 33.9 Å². The van der Waals surface area contributed by atoms with Gasteiger partial charge in [0.1, 0.15) is 0 Å². The van der Waals surface area contributed by atoms with E-state index in [1.165, 1.54) is 10.1 Å². The van der Waals surface area contributed by atoms with Crippen molar-refractivity contribution in [2.24, 2.45) is 7.05 Å². The molecule has 128 valence electrons. The van der Waals surface area contributed by atoms with Gasteiger partial charge in [0.25, 0.3) is 5.56 Å². The van der Waals surface area contributed by atoms with Gasteiger partial charge in [-0.25, -0.2) is 4.79 Å². The lowest BCUT2D eigenvalue weighted by molar-refractivity contribution is 0.830. The number of H-pyrrole nitrogens is 1. The van der Waals surface area contributed by atoms with Crippen LogP contribution in [0, 0.1) is 13.8 Å². The zero-order valence-corrected chi connectivity index (χ0v) is 14.6. The zero-order chi connectivity index (χ0) is 17.9. The Hall–Kier alpha value is -3.09. The summed E-state index contributed by atoms with van der Waals surface area (Å²) in [7, 11) is 1.61. The number of fused-ring (bicyclic) bond motifs is 3. The van der Waals surface area contributed by atoms with E-state index in [1.54, 1.807) is 7.05 Å². The zero-order valence-electron chi connectivity index (χ0n) is 14.6. The SMILES string of the molecule is CCc1ccccc1-n1c(C)c(C)n2c3c(=O)[nH]c(=O)n(C)c3nc12. The molecule has 0 saturated carbocycles. The van der Waals surface area contributed by atoms with Crippen LogP contribution in [0.25, 0.3) is 22.6 Å². The highest BCUT2D eigenvalue weighted by Crippen LogP contribution is 2.26. The van der Waals surface area contributed by atoms with E-state index < -0.39 is 11.2 Å². The van der Waals surface area contributed by atoms with Crippen LogP contribution in [-0.4, -0.2) is 23.5 Å². The summed E-state index contributed by atoms with van der Waals surface area (Å²) in [5.41, 5.74) is 4.06. The molecule has 4 aromatic rings. The van der Waals surface area contributed by atoms with Crippen molar-refractivity contribution in [3.8, 4) is 5.69 Å². The van der Waals surface area contributed by atoms with Crippen molar-refractivity contribution >= 4 is 16.9 Å². The Morgan fingerprint density at radius 1 is 1.12 bits per heavy atom. The summed E-state index contributed by atoms with van der Waals surface area (Å²) >= 11 is 0. The maximum Gasteiger partial charge on any atom is 0.329 e. The predicted molar refractivity (Wildman–Crippen MR) is 96.7 cm³/mol. The molecular formula is C18H19N5O2. The van der Waals surface area contributed by atoms with Crippen molar-refractivity contribution in [1.29, 1.82) is 0 Å². The van der Waals surface area contributed by atoms with Crippen molar-refractivity contribution in [3.63, 3.8) is 0 Å². The number of aryl methyl sites for hydroxylation is 3. The minimum atomic E-state index is -0.465. The number of para-hydroxylation sites is 1. The Labute approximate surface area is 143 Å². The van der Waals surface area contributed by atoms with Gasteiger partial charge in [0.15, 0.2) is 11.2 Å². The first-order chi connectivity index (χ1) is 12.0. The fourth-order valence-corrected chi connectivity index (χ4v) is 3.43. The molecule has 0 aliphatic rings. The summed E-state index contributed by atoms with van der Waals surface area (Å²) in [6.45, 7) is 6.08. The fraction of sp³-hybridized carbons (Fsp3) is 0.278. The molecule has 3 aromatic heterocycles. The lowest BCUT2D eigenvalue weighted by Gasteiger charge is -2.11. The first-order valence-electron chi connectivity index (χ1n) is 8.23. The van der Waals surface area contributed by atoms with E-state index >= 15 is 0 Å². The number of hydrogen-bond acceptors (Lipinski definition) is 3. The van der Waals surface area contributed by atoms with Gasteiger partial charge in [-0.3, -0.25) is 23.3 Å². The van der Waals surface area contributed by atoms with E-state index in [0.717, 1.165) is 23.5 Å². The highest BCUT2D eigenvalue weighted by atomic mass is 16.2. The number of hydrogen-bond donors (Lipinski definition) is 1. The molecule has 0 saturated heterocycles. The van der Waals surface area contributed by atoms with E-state index in [2.05, 4.69) is 27.5 Å². The summed E-state index contributed by atoms with van der Waals surface area (Å²) in [6.07, 6.45) is 0.887. The van der Waals surface area contributed by atoms with Crippen LogP contribution in [0.1, 0.15) is 23.9 Å². The van der Waals surface area contributed by atoms with Gasteiger partial charge in [0.05, 0.1) is 5.69 Å². The van der Waals surface area contributed by atoms with Crippen LogP contribution in [-0.2, 0) is 13.5 Å². The van der Waals surface area contributed by atoms with Crippen molar-refractivity contribution in [3.05, 3.63) is 62.1 Å². The molecule has 0 amide bonds. The third kappa shape index (κ3) is 1.95. The molecule has 3 heterocycles. The number of rotatable bonds is 2. The number of aromatic amines is 1. The molecule has 25 heavy (non-hydrogen) atoms. The van der Waals surface area contributed by atoms with Gasteiger partial charge in [-0.05, 0) is 31.9 Å². The molecule has 7 heteroatoms. The Kier molecular flexibility index (Phi) is 3.21. The summed E-state index contributed by atoms with van der Waals surface area (Å²) in [6, 6.07) is 8.15. The molecular weight excluding hydrogens is 318 g/mol. The number of nitrogens with one attached hydrogen (secondary N) is 1. The Morgan fingerprint density at radius 2 is 1.84 bits per heavy atom. The predicted octanol–water partition coefficient (Wildman–Crippen LogP) is 1.84. The lowest BCUT2D eigenvalue weighted by atomic mass is 10.1. The molecule has 7 nitrogen and oxygen atoms in total. The van der Waals surface area contributed by atoms with E-state index in [9.17, 15) is 9.59 Å². The highest BCUT2D eigenvalue weighted by Gasteiger charge is 2.21. The minimum absolute atomic E-state index is 0.384. The monoisotopic (exact) mass is 337 g/mol. The largest absolute Gasteiger partial charge is 0.329 e. The quantitative estimate of drug-likeness (QED) is 0.606. The van der Waals surface area contributed by atoms with Crippen molar-refractivity contribution in [1.82, 2.24) is 23.5 Å². The fourth-order valence-electron chi connectivity index (χ4n) is 3.43. The average molecular weight is 337 g/mol. The smallest absolute Gasteiger partial charge is 0.282 e. The third-order valence-corrected chi connectivity index (χ3v) is 4.91. The van der Waals surface area contributed by atoms with E-state index in [0.29, 0.717) is 16.9 Å². The summed E-state index contributed by atoms with van der Waals surface area (Å²) in [4.78, 5) is 31.3. The summed E-state index contributed by atoms with van der Waals surface area (Å²) in [5, 5.41) is 0. The molecule has 0 aliphatic carbocycles. The van der Waals surface area contributed by atoms with Gasteiger partial charge < -0.3 is 0 Å². The second kappa shape index (κ2) is 5.20. The topological polar surface area (TPSA) is 77.1 Å². The molecule has 1 aromatic carbocycles. The van der Waals surface area contributed by atoms with Gasteiger partial charge >= 0.3 is 5.69 Å². The van der Waals surface area contributed by atoms with Crippen molar-refractivity contribution < 1.29 is 0 Å². The summed E-state index contributed by atoms with van der Waals surface area (Å²) in [5.74, 6) is 0.637. The van der Waals surface area contributed by atoms with Gasteiger partial charge in [0.2, 0.25) is 5.78 Å². The Balaban J connectivity index is 2.25. The number of nitrogens with zero attached hydrogens (tertiary/aromatic N) is 4. The third-order valence-electron chi connectivity index (χ3n) is 4.91. The van der Waals surface area contributed by atoms with E-state index in [-0.39, 0.29) is 0 Å². The maximum absolute atomic E-state index is 12.4. The number of benzene rings is 1. The Bertz CT molecular complexity index is 1250. The van der Waals surface area contributed by atoms with Crippen LogP contribution in [0.4, 0.5) is 0 Å². The number of aromatic nitrogens is 5. The van der Waals surface area contributed by atoms with Gasteiger partial charge in [-0.15, -0.1) is 0 Å². The van der Waals surface area contributed by atoms with Crippen LogP contribution in [0.3, 0.4) is 0 Å². The molecule has 0 spiro atoms. The second-order valence-electron chi connectivity index (χ2n) is 6.23. The van der Waals surface area contributed by atoms with Crippen LogP contribution in [0.5, 0.6) is 0 Å². The van der Waals surface area contributed by atoms with Crippen molar-refractivity contribution in [2.75, 3.05) is 0 Å². The van der Waals surface area contributed by atoms with E-state index in [1.807, 2.05) is 36.4 Å². The molecule has 1 N–H and O–H groups in total. The van der Waals surface area contributed by atoms with Crippen LogP contribution < -0.4 is 11.2 Å². The molecule has 0 fully saturated rings. The standard InChI is InChI=1S/C18H19N5O2/c1-5-12-8-6-7-9-13(12)22-10(2)11(3)23-14-15(19-17(22)23)21(4)18(25)20-16(14)24/h6-9H,5H2,1-4H3,(H,20,24,25). The number of imidazole rings is 2. The van der Waals surface area contributed by atoms with Gasteiger partial charge in [-0.2, -0.15) is 4.98 Å². The first kappa shape index (κ1) is 15.4. The molecule has 4 rings (SSSR count). The van der Waals surface area contributed by atoms with Crippen LogP contribution in [0.2, 0.25) is 0 Å². The van der Waals surface area contributed by atoms with Gasteiger partial charge in [-0.1, -0.05) is 25.1 Å². The average Bonchev–Trinajstić information content (AvgIpc) is 3.10. The first-order valence-corrected chi connectivity index (χ1v) is 8.23. The summed E-state index contributed by atoms with van der Waals surface area (Å²) < 4.78 is 5.25. The van der Waals surface area contributed by atoms with Gasteiger partial charge in [0, 0.05) is 18.4 Å². The lowest BCUT2D eigenvalue weighted by Crippen LogP contribution is -2.28. The maximum atomic E-state index is 12.4. The highest BCUT2D eigenvalue weighted by molar-refractivity contribution is 5.77. The molecule has 0 atom stereocenters. The normalized spacial score (nSPS) is 11.7. The Morgan fingerprint density at radius 3 is 2.56 bits per heavy atom. The molecule has 0 aliphatic heterocycles. The molecule has 0 bridgehead atoms. The van der Waals surface area contributed by atoms with Crippen molar-refractivity contribution in [2.45, 2.75) is 27.2 Å². The van der Waals surface area contributed by atoms with Crippen LogP contribution >= 0.6 is 0 Å².